The Balaban J connectivity index is 1.40. The summed E-state index contributed by atoms with van der Waals surface area (Å²) in [5, 5.41) is 9.32. The van der Waals surface area contributed by atoms with Crippen LogP contribution in [0, 0.1) is 5.92 Å². The smallest absolute Gasteiger partial charge is 0.255 e. The van der Waals surface area contributed by atoms with Gasteiger partial charge in [-0.15, -0.1) is 0 Å². The van der Waals surface area contributed by atoms with Crippen LogP contribution in [-0.2, 0) is 22.7 Å². The summed E-state index contributed by atoms with van der Waals surface area (Å²) in [6, 6.07) is 5.79. The first kappa shape index (κ1) is 20.0. The number of nitrogens with one attached hydrogen (secondary N) is 3. The first-order chi connectivity index (χ1) is 14.1. The number of rotatable bonds is 6. The van der Waals surface area contributed by atoms with Crippen LogP contribution in [0.5, 0.6) is 0 Å². The minimum atomic E-state index is -0.559. The second-order valence-electron chi connectivity index (χ2n) is 8.50. The molecule has 2 heterocycles. The highest BCUT2D eigenvalue weighted by Crippen LogP contribution is 2.30. The predicted molar refractivity (Wildman–Crippen MR) is 109 cm³/mol. The van der Waals surface area contributed by atoms with Gasteiger partial charge in [-0.05, 0) is 68.8 Å². The lowest BCUT2D eigenvalue weighted by atomic mass is 9.86. The number of hydrogen-bond acceptors (Lipinski definition) is 5. The largest absolute Gasteiger partial charge is 0.322 e. The molecule has 3 aliphatic rings. The van der Waals surface area contributed by atoms with Gasteiger partial charge >= 0.3 is 0 Å². The van der Waals surface area contributed by atoms with Crippen molar-refractivity contribution in [3.63, 3.8) is 0 Å². The second-order valence-corrected chi connectivity index (χ2v) is 8.50. The van der Waals surface area contributed by atoms with E-state index in [1.807, 2.05) is 19.2 Å². The number of benzene rings is 1. The van der Waals surface area contributed by atoms with E-state index in [1.54, 1.807) is 4.90 Å². The zero-order valence-electron chi connectivity index (χ0n) is 17.0. The van der Waals surface area contributed by atoms with Crippen molar-refractivity contribution in [3.05, 3.63) is 34.9 Å². The lowest BCUT2D eigenvalue weighted by Crippen LogP contribution is -2.52. The van der Waals surface area contributed by atoms with E-state index in [1.165, 1.54) is 25.7 Å². The Morgan fingerprint density at radius 1 is 1.10 bits per heavy atom. The normalized spacial score (nSPS) is 27.1. The van der Waals surface area contributed by atoms with Gasteiger partial charge in [-0.25, -0.2) is 0 Å². The van der Waals surface area contributed by atoms with E-state index in [4.69, 9.17) is 0 Å². The van der Waals surface area contributed by atoms with Crippen molar-refractivity contribution >= 4 is 17.7 Å². The quantitative estimate of drug-likeness (QED) is 0.629. The molecule has 7 heteroatoms. The number of carbonyl (C=O) groups excluding carboxylic acids is 3. The number of amides is 3. The summed E-state index contributed by atoms with van der Waals surface area (Å²) in [6.07, 6.45) is 5.53. The summed E-state index contributed by atoms with van der Waals surface area (Å²) in [4.78, 5) is 38.2. The van der Waals surface area contributed by atoms with Crippen LogP contribution >= 0.6 is 0 Å². The van der Waals surface area contributed by atoms with E-state index in [-0.39, 0.29) is 24.1 Å². The molecule has 2 fully saturated rings. The van der Waals surface area contributed by atoms with Crippen LogP contribution in [0.4, 0.5) is 0 Å². The fraction of sp³-hybridized carbons (Fsp3) is 0.591. The third-order valence-corrected chi connectivity index (χ3v) is 6.60. The molecule has 4 rings (SSSR count). The van der Waals surface area contributed by atoms with Gasteiger partial charge in [-0.3, -0.25) is 19.7 Å². The van der Waals surface area contributed by atoms with Gasteiger partial charge in [0.2, 0.25) is 11.8 Å². The van der Waals surface area contributed by atoms with Crippen LogP contribution in [0.1, 0.15) is 60.0 Å². The van der Waals surface area contributed by atoms with Crippen LogP contribution in [0.25, 0.3) is 0 Å². The lowest BCUT2D eigenvalue weighted by molar-refractivity contribution is -0.136. The molecular formula is C22H30N4O3. The van der Waals surface area contributed by atoms with E-state index >= 15 is 0 Å². The van der Waals surface area contributed by atoms with Crippen molar-refractivity contribution in [1.29, 1.82) is 0 Å². The highest BCUT2D eigenvalue weighted by Gasteiger charge is 2.39. The Kier molecular flexibility index (Phi) is 5.96. The molecule has 1 saturated carbocycles. The van der Waals surface area contributed by atoms with Crippen molar-refractivity contribution in [2.45, 2.75) is 63.7 Å². The monoisotopic (exact) mass is 398 g/mol. The van der Waals surface area contributed by atoms with Crippen LogP contribution < -0.4 is 16.0 Å². The number of hydrogen-bond donors (Lipinski definition) is 3. The van der Waals surface area contributed by atoms with E-state index in [2.05, 4.69) is 22.0 Å². The zero-order chi connectivity index (χ0) is 20.4. The molecule has 2 aliphatic heterocycles. The molecule has 156 valence electrons. The SMILES string of the molecule is CNCC1CCC(NCc2cccc3c2CN(C2CCC(=O)NC2=O)C3=O)CC1. The van der Waals surface area contributed by atoms with Gasteiger partial charge in [0.15, 0.2) is 0 Å². The van der Waals surface area contributed by atoms with Crippen molar-refractivity contribution in [1.82, 2.24) is 20.9 Å². The minimum Gasteiger partial charge on any atom is -0.322 e. The molecule has 0 spiro atoms. The van der Waals surface area contributed by atoms with Crippen molar-refractivity contribution < 1.29 is 14.4 Å². The Morgan fingerprint density at radius 2 is 1.90 bits per heavy atom. The average Bonchev–Trinajstić information content (AvgIpc) is 3.05. The molecule has 1 aromatic rings. The zero-order valence-corrected chi connectivity index (χ0v) is 17.0. The summed E-state index contributed by atoms with van der Waals surface area (Å²) in [7, 11) is 2.01. The van der Waals surface area contributed by atoms with Gasteiger partial charge in [-0.2, -0.15) is 0 Å². The Morgan fingerprint density at radius 3 is 2.62 bits per heavy atom. The maximum absolute atomic E-state index is 12.9. The summed E-state index contributed by atoms with van der Waals surface area (Å²) < 4.78 is 0. The number of piperidine rings is 1. The van der Waals surface area contributed by atoms with Gasteiger partial charge in [0, 0.05) is 31.1 Å². The number of imide groups is 1. The van der Waals surface area contributed by atoms with E-state index in [0.29, 0.717) is 24.6 Å². The maximum atomic E-state index is 12.9. The van der Waals surface area contributed by atoms with Gasteiger partial charge < -0.3 is 15.5 Å². The van der Waals surface area contributed by atoms with Crippen LogP contribution in [0.2, 0.25) is 0 Å². The summed E-state index contributed by atoms with van der Waals surface area (Å²) >= 11 is 0. The molecule has 29 heavy (non-hydrogen) atoms. The molecule has 1 unspecified atom stereocenters. The summed E-state index contributed by atoms with van der Waals surface area (Å²) in [6.45, 7) is 2.27. The highest BCUT2D eigenvalue weighted by atomic mass is 16.2. The standard InChI is InChI=1S/C22H30N4O3/c1-23-11-14-5-7-16(8-6-14)24-12-15-3-2-4-17-18(15)13-26(22(17)29)19-9-10-20(27)25-21(19)28/h2-4,14,16,19,23-24H,5-13H2,1H3,(H,25,27,28). The maximum Gasteiger partial charge on any atom is 0.255 e. The third kappa shape index (κ3) is 4.21. The molecule has 1 atom stereocenters. The average molecular weight is 399 g/mol. The Hall–Kier alpha value is -2.25. The number of fused-ring (bicyclic) bond motifs is 1. The van der Waals surface area contributed by atoms with Gasteiger partial charge in [0.1, 0.15) is 6.04 Å². The molecule has 0 aromatic heterocycles. The van der Waals surface area contributed by atoms with Crippen LogP contribution in [0.15, 0.2) is 18.2 Å². The molecule has 0 bridgehead atoms. The Labute approximate surface area is 171 Å². The van der Waals surface area contributed by atoms with E-state index in [9.17, 15) is 14.4 Å². The first-order valence-corrected chi connectivity index (χ1v) is 10.7. The fourth-order valence-corrected chi connectivity index (χ4v) is 4.93. The van der Waals surface area contributed by atoms with E-state index < -0.39 is 6.04 Å². The highest BCUT2D eigenvalue weighted by molar-refractivity contribution is 6.05. The molecule has 7 nitrogen and oxygen atoms in total. The molecule has 1 saturated heterocycles. The second kappa shape index (κ2) is 8.63. The molecular weight excluding hydrogens is 368 g/mol. The van der Waals surface area contributed by atoms with E-state index in [0.717, 1.165) is 30.1 Å². The number of carbonyl (C=O) groups is 3. The first-order valence-electron chi connectivity index (χ1n) is 10.7. The number of nitrogens with zero attached hydrogens (tertiary/aromatic N) is 1. The van der Waals surface area contributed by atoms with Crippen molar-refractivity contribution in [3.8, 4) is 0 Å². The van der Waals surface area contributed by atoms with Gasteiger partial charge in [0.25, 0.3) is 5.91 Å². The van der Waals surface area contributed by atoms with Crippen LogP contribution in [-0.4, -0.2) is 48.3 Å². The molecule has 0 radical (unpaired) electrons. The van der Waals surface area contributed by atoms with Crippen molar-refractivity contribution in [2.24, 2.45) is 5.92 Å². The van der Waals surface area contributed by atoms with Gasteiger partial charge in [-0.1, -0.05) is 12.1 Å². The van der Waals surface area contributed by atoms with Crippen LogP contribution in [0.3, 0.4) is 0 Å². The predicted octanol–water partition coefficient (Wildman–Crippen LogP) is 1.32. The minimum absolute atomic E-state index is 0.107. The molecule has 1 aliphatic carbocycles. The third-order valence-electron chi connectivity index (χ3n) is 6.60. The lowest BCUT2D eigenvalue weighted by Gasteiger charge is -2.30. The molecule has 1 aromatic carbocycles. The van der Waals surface area contributed by atoms with Gasteiger partial charge in [0.05, 0.1) is 0 Å². The summed E-state index contributed by atoms with van der Waals surface area (Å²) in [5.41, 5.74) is 2.83. The molecule has 3 N–H and O–H groups in total. The topological polar surface area (TPSA) is 90.5 Å². The Bertz CT molecular complexity index is 801. The fourth-order valence-electron chi connectivity index (χ4n) is 4.93. The summed E-state index contributed by atoms with van der Waals surface area (Å²) in [5.74, 6) is 0.0489. The van der Waals surface area contributed by atoms with Crippen molar-refractivity contribution in [2.75, 3.05) is 13.6 Å². The molecule has 3 amide bonds.